The lowest BCUT2D eigenvalue weighted by atomic mass is 9.82. The quantitative estimate of drug-likeness (QED) is 0.333. The third-order valence-electron chi connectivity index (χ3n) is 7.30. The van der Waals surface area contributed by atoms with Crippen molar-refractivity contribution in [3.8, 4) is 0 Å². The molecule has 0 spiro atoms. The van der Waals surface area contributed by atoms with Gasteiger partial charge in [-0.25, -0.2) is 4.79 Å². The number of esters is 1. The molecule has 5 rings (SSSR count). The topological polar surface area (TPSA) is 92.8 Å². The number of nitrogens with zero attached hydrogens (tertiary/aromatic N) is 1. The number of halogens is 1. The molecule has 7 nitrogen and oxygen atoms in total. The SMILES string of the molecule is CCc1cc(Br)ccc1NC(=O)COC(=O)c1ccc(N2C(=O)[C@@H]3[C@@H](C2=O)[C@H]2C=C(C)[C@H]3C2)cc1. The Kier molecular flexibility index (Phi) is 6.09. The number of hydrogen-bond donors (Lipinski definition) is 1. The van der Waals surface area contributed by atoms with Gasteiger partial charge in [-0.1, -0.05) is 34.5 Å². The first kappa shape index (κ1) is 23.5. The maximum absolute atomic E-state index is 13.1. The molecule has 2 aliphatic carbocycles. The Labute approximate surface area is 211 Å². The summed E-state index contributed by atoms with van der Waals surface area (Å²) < 4.78 is 6.08. The van der Waals surface area contributed by atoms with Crippen LogP contribution in [0.5, 0.6) is 0 Å². The number of aryl methyl sites for hydroxylation is 1. The number of benzene rings is 2. The highest BCUT2D eigenvalue weighted by molar-refractivity contribution is 9.10. The van der Waals surface area contributed by atoms with E-state index in [0.29, 0.717) is 11.4 Å². The van der Waals surface area contributed by atoms with E-state index < -0.39 is 18.5 Å². The number of imide groups is 1. The average molecular weight is 537 g/mol. The fourth-order valence-corrected chi connectivity index (χ4v) is 6.06. The van der Waals surface area contributed by atoms with Crippen LogP contribution in [0.25, 0.3) is 0 Å². The molecule has 0 radical (unpaired) electrons. The smallest absolute Gasteiger partial charge is 0.338 e. The van der Waals surface area contributed by atoms with Crippen LogP contribution in [-0.2, 0) is 25.5 Å². The number of amides is 3. The van der Waals surface area contributed by atoms with E-state index in [9.17, 15) is 19.2 Å². The Hall–Kier alpha value is -3.26. The zero-order chi connectivity index (χ0) is 24.9. The second-order valence-electron chi connectivity index (χ2n) is 9.31. The molecule has 2 fully saturated rings. The number of ether oxygens (including phenoxy) is 1. The number of hydrogen-bond acceptors (Lipinski definition) is 5. The van der Waals surface area contributed by atoms with Crippen molar-refractivity contribution in [1.82, 2.24) is 0 Å². The van der Waals surface area contributed by atoms with E-state index in [1.54, 1.807) is 18.2 Å². The van der Waals surface area contributed by atoms with Gasteiger partial charge in [-0.2, -0.15) is 0 Å². The fourth-order valence-electron chi connectivity index (χ4n) is 5.65. The molecule has 3 amide bonds. The fraction of sp³-hybridized carbons (Fsp3) is 0.333. The minimum absolute atomic E-state index is 0.137. The van der Waals surface area contributed by atoms with Crippen molar-refractivity contribution >= 4 is 51.0 Å². The molecule has 180 valence electrons. The van der Waals surface area contributed by atoms with Crippen molar-refractivity contribution < 1.29 is 23.9 Å². The van der Waals surface area contributed by atoms with Gasteiger partial charge in [0.05, 0.1) is 23.1 Å². The first-order chi connectivity index (χ1) is 16.8. The van der Waals surface area contributed by atoms with Crippen molar-refractivity contribution in [2.24, 2.45) is 23.7 Å². The summed E-state index contributed by atoms with van der Waals surface area (Å²) in [6.07, 6.45) is 3.75. The van der Waals surface area contributed by atoms with Gasteiger partial charge < -0.3 is 10.1 Å². The summed E-state index contributed by atoms with van der Waals surface area (Å²) in [5.74, 6) is -1.69. The highest BCUT2D eigenvalue weighted by Gasteiger charge is 2.60. The van der Waals surface area contributed by atoms with Gasteiger partial charge in [0.1, 0.15) is 0 Å². The van der Waals surface area contributed by atoms with E-state index in [0.717, 1.165) is 22.9 Å². The van der Waals surface area contributed by atoms with Crippen molar-refractivity contribution in [3.05, 3.63) is 69.7 Å². The first-order valence-corrected chi connectivity index (χ1v) is 12.5. The Morgan fingerprint density at radius 1 is 1.09 bits per heavy atom. The van der Waals surface area contributed by atoms with Crippen LogP contribution < -0.4 is 10.2 Å². The maximum atomic E-state index is 13.1. The molecule has 8 heteroatoms. The van der Waals surface area contributed by atoms with Gasteiger partial charge in [0.25, 0.3) is 5.91 Å². The van der Waals surface area contributed by atoms with Gasteiger partial charge in [0.15, 0.2) is 6.61 Å². The molecule has 1 aliphatic heterocycles. The molecule has 3 aliphatic rings. The van der Waals surface area contributed by atoms with Crippen molar-refractivity contribution in [1.29, 1.82) is 0 Å². The van der Waals surface area contributed by atoms with Gasteiger partial charge in [0.2, 0.25) is 11.8 Å². The summed E-state index contributed by atoms with van der Waals surface area (Å²) in [6, 6.07) is 11.7. The molecule has 1 heterocycles. The van der Waals surface area contributed by atoms with Gasteiger partial charge in [0, 0.05) is 10.2 Å². The Bertz CT molecular complexity index is 1270. The summed E-state index contributed by atoms with van der Waals surface area (Å²) in [7, 11) is 0. The highest BCUT2D eigenvalue weighted by Crippen LogP contribution is 2.55. The second kappa shape index (κ2) is 9.07. The van der Waals surface area contributed by atoms with E-state index in [4.69, 9.17) is 4.74 Å². The van der Waals surface area contributed by atoms with Crippen LogP contribution >= 0.6 is 15.9 Å². The standard InChI is InChI=1S/C27H25BrN2O5/c1-3-15-11-18(28)6-9-21(15)29-22(31)13-35-27(34)16-4-7-19(8-5-16)30-25(32)23-17-10-14(2)20(12-17)24(23)26(30)33/h4-11,17,20,23-24H,3,12-13H2,1-2H3,(H,29,31)/t17-,20+,23-,24-/m0/s1. The van der Waals surface area contributed by atoms with E-state index in [2.05, 4.69) is 27.3 Å². The van der Waals surface area contributed by atoms with Gasteiger partial charge in [-0.3, -0.25) is 19.3 Å². The molecule has 4 atom stereocenters. The minimum Gasteiger partial charge on any atom is -0.452 e. The highest BCUT2D eigenvalue weighted by atomic mass is 79.9. The molecule has 1 saturated carbocycles. The van der Waals surface area contributed by atoms with Crippen molar-refractivity contribution in [2.75, 3.05) is 16.8 Å². The minimum atomic E-state index is -0.660. The zero-order valence-electron chi connectivity index (χ0n) is 19.4. The lowest BCUT2D eigenvalue weighted by Gasteiger charge is -2.19. The second-order valence-corrected chi connectivity index (χ2v) is 10.2. The van der Waals surface area contributed by atoms with Crippen molar-refractivity contribution in [2.45, 2.75) is 26.7 Å². The molecular formula is C27H25BrN2O5. The summed E-state index contributed by atoms with van der Waals surface area (Å²) >= 11 is 3.41. The molecule has 2 bridgehead atoms. The Balaban J connectivity index is 1.20. The third-order valence-corrected chi connectivity index (χ3v) is 7.79. The summed E-state index contributed by atoms with van der Waals surface area (Å²) in [5, 5.41) is 2.76. The number of carbonyl (C=O) groups is 4. The van der Waals surface area contributed by atoms with Gasteiger partial charge >= 0.3 is 5.97 Å². The van der Waals surface area contributed by atoms with Crippen LogP contribution in [0.1, 0.15) is 36.2 Å². The van der Waals surface area contributed by atoms with Crippen LogP contribution in [0.2, 0.25) is 0 Å². The molecule has 1 saturated heterocycles. The summed E-state index contributed by atoms with van der Waals surface area (Å²) in [5.41, 5.74) is 3.51. The molecule has 0 unspecified atom stereocenters. The molecule has 1 N–H and O–H groups in total. The average Bonchev–Trinajstić information content (AvgIpc) is 3.48. The first-order valence-electron chi connectivity index (χ1n) is 11.7. The summed E-state index contributed by atoms with van der Waals surface area (Å²) in [6.45, 7) is 3.59. The maximum Gasteiger partial charge on any atom is 0.338 e. The number of rotatable bonds is 6. The normalized spacial score (nSPS) is 24.4. The van der Waals surface area contributed by atoms with Crippen molar-refractivity contribution in [3.63, 3.8) is 0 Å². The summed E-state index contributed by atoms with van der Waals surface area (Å²) in [4.78, 5) is 52.1. The van der Waals surface area contributed by atoms with Crippen LogP contribution in [-0.4, -0.2) is 30.3 Å². The Morgan fingerprint density at radius 3 is 2.51 bits per heavy atom. The monoisotopic (exact) mass is 536 g/mol. The van der Waals surface area contributed by atoms with Gasteiger partial charge in [-0.05, 0) is 79.6 Å². The lowest BCUT2D eigenvalue weighted by molar-refractivity contribution is -0.123. The molecular weight excluding hydrogens is 512 g/mol. The lowest BCUT2D eigenvalue weighted by Crippen LogP contribution is -2.33. The van der Waals surface area contributed by atoms with Crippen LogP contribution in [0, 0.1) is 23.7 Å². The Morgan fingerprint density at radius 2 is 1.80 bits per heavy atom. The number of carbonyl (C=O) groups excluding carboxylic acids is 4. The predicted molar refractivity (Wildman–Crippen MR) is 134 cm³/mol. The molecule has 2 aromatic carbocycles. The zero-order valence-corrected chi connectivity index (χ0v) is 21.0. The number of anilines is 2. The van der Waals surface area contributed by atoms with E-state index >= 15 is 0 Å². The van der Waals surface area contributed by atoms with Crippen LogP contribution in [0.4, 0.5) is 11.4 Å². The van der Waals surface area contributed by atoms with E-state index in [1.165, 1.54) is 22.6 Å². The third kappa shape index (κ3) is 4.10. The largest absolute Gasteiger partial charge is 0.452 e. The van der Waals surface area contributed by atoms with E-state index in [-0.39, 0.29) is 41.0 Å². The molecule has 35 heavy (non-hydrogen) atoms. The molecule has 0 aromatic heterocycles. The molecule has 2 aromatic rings. The van der Waals surface area contributed by atoms with Gasteiger partial charge in [-0.15, -0.1) is 0 Å². The van der Waals surface area contributed by atoms with E-state index in [1.807, 2.05) is 26.0 Å². The predicted octanol–water partition coefficient (Wildman–Crippen LogP) is 4.51. The van der Waals surface area contributed by atoms with Crippen LogP contribution in [0.15, 0.2) is 58.6 Å². The number of nitrogens with one attached hydrogen (secondary N) is 1. The van der Waals surface area contributed by atoms with Crippen LogP contribution in [0.3, 0.4) is 0 Å². The number of allylic oxidation sites excluding steroid dienone is 2. The number of fused-ring (bicyclic) bond motifs is 5.